The number of rotatable bonds is 5. The lowest BCUT2D eigenvalue weighted by atomic mass is 9.84. The highest BCUT2D eigenvalue weighted by atomic mass is 32.2. The van der Waals surface area contributed by atoms with Gasteiger partial charge in [0.25, 0.3) is 0 Å². The van der Waals surface area contributed by atoms with Crippen LogP contribution in [0.2, 0.25) is 0 Å². The van der Waals surface area contributed by atoms with Gasteiger partial charge in [-0.1, -0.05) is 6.42 Å². The fourth-order valence-corrected chi connectivity index (χ4v) is 3.24. The van der Waals surface area contributed by atoms with Crippen molar-refractivity contribution in [3.8, 4) is 6.07 Å². The molecule has 0 bridgehead atoms. The predicted molar refractivity (Wildman–Crippen MR) is 71.9 cm³/mol. The van der Waals surface area contributed by atoms with Crippen LogP contribution in [0.3, 0.4) is 0 Å². The van der Waals surface area contributed by atoms with E-state index in [1.54, 1.807) is 0 Å². The third-order valence-electron chi connectivity index (χ3n) is 3.65. The quantitative estimate of drug-likeness (QED) is 0.870. The largest absolute Gasteiger partial charge is 0.342 e. The van der Waals surface area contributed by atoms with Crippen molar-refractivity contribution in [2.45, 2.75) is 30.6 Å². The van der Waals surface area contributed by atoms with Gasteiger partial charge in [0.15, 0.2) is 0 Å². The molecule has 0 aliphatic heterocycles. The van der Waals surface area contributed by atoms with Crippen LogP contribution in [-0.4, -0.2) is 22.1 Å². The van der Waals surface area contributed by atoms with Crippen molar-refractivity contribution in [1.82, 2.24) is 9.88 Å². The Morgan fingerprint density at radius 1 is 1.59 bits per heavy atom. The van der Waals surface area contributed by atoms with Crippen LogP contribution < -0.4 is 5.32 Å². The van der Waals surface area contributed by atoms with Crippen LogP contribution in [0, 0.1) is 11.3 Å². The van der Waals surface area contributed by atoms with E-state index in [0.717, 1.165) is 18.8 Å². The lowest BCUT2D eigenvalue weighted by molar-refractivity contribution is 0.345. The molecule has 1 aliphatic carbocycles. The maximum Gasteiger partial charge on any atom is 0.120 e. The summed E-state index contributed by atoms with van der Waals surface area (Å²) in [6, 6.07) is 4.14. The molecule has 1 aromatic heterocycles. The molecule has 17 heavy (non-hydrogen) atoms. The number of thioether (sulfide) groups is 1. The SMILES string of the molecule is CSC1(CNCc2cc(C#N)n(C)c2)CCC1. The molecule has 3 nitrogen and oxygen atoms in total. The zero-order valence-electron chi connectivity index (χ0n) is 10.5. The number of nitrogens with zero attached hydrogens (tertiary/aromatic N) is 2. The van der Waals surface area contributed by atoms with Crippen molar-refractivity contribution in [3.05, 3.63) is 23.5 Å². The number of hydrogen-bond acceptors (Lipinski definition) is 3. The molecule has 0 saturated heterocycles. The third-order valence-corrected chi connectivity index (χ3v) is 5.07. The van der Waals surface area contributed by atoms with Crippen molar-refractivity contribution in [2.75, 3.05) is 12.8 Å². The third kappa shape index (κ3) is 2.67. The Labute approximate surface area is 107 Å². The molecule has 92 valence electrons. The van der Waals surface area contributed by atoms with Gasteiger partial charge in [0, 0.05) is 31.1 Å². The van der Waals surface area contributed by atoms with Gasteiger partial charge in [0.05, 0.1) is 0 Å². The minimum absolute atomic E-state index is 0.479. The first-order valence-corrected chi connectivity index (χ1v) is 7.23. The molecular weight excluding hydrogens is 230 g/mol. The van der Waals surface area contributed by atoms with Gasteiger partial charge in [-0.05, 0) is 30.7 Å². The topological polar surface area (TPSA) is 40.8 Å². The van der Waals surface area contributed by atoms with E-state index in [1.807, 2.05) is 35.6 Å². The van der Waals surface area contributed by atoms with Crippen LogP contribution in [0.5, 0.6) is 0 Å². The van der Waals surface area contributed by atoms with Crippen LogP contribution in [-0.2, 0) is 13.6 Å². The molecule has 1 heterocycles. The van der Waals surface area contributed by atoms with Crippen molar-refractivity contribution < 1.29 is 0 Å². The molecule has 0 amide bonds. The monoisotopic (exact) mass is 249 g/mol. The Morgan fingerprint density at radius 3 is 2.82 bits per heavy atom. The molecule has 0 unspecified atom stereocenters. The first-order chi connectivity index (χ1) is 8.19. The molecule has 1 saturated carbocycles. The number of aromatic nitrogens is 1. The first kappa shape index (κ1) is 12.5. The molecule has 0 radical (unpaired) electrons. The molecule has 4 heteroatoms. The summed E-state index contributed by atoms with van der Waals surface area (Å²) in [5.41, 5.74) is 1.92. The molecule has 0 spiro atoms. The van der Waals surface area contributed by atoms with E-state index in [9.17, 15) is 0 Å². The van der Waals surface area contributed by atoms with Gasteiger partial charge in [0.2, 0.25) is 0 Å². The predicted octanol–water partition coefficient (Wildman–Crippen LogP) is 2.27. The average molecular weight is 249 g/mol. The molecule has 2 rings (SSSR count). The van der Waals surface area contributed by atoms with E-state index >= 15 is 0 Å². The summed E-state index contributed by atoms with van der Waals surface area (Å²) in [6.45, 7) is 1.93. The van der Waals surface area contributed by atoms with E-state index in [2.05, 4.69) is 17.6 Å². The van der Waals surface area contributed by atoms with E-state index in [-0.39, 0.29) is 0 Å². The number of nitrogens with one attached hydrogen (secondary N) is 1. The van der Waals surface area contributed by atoms with Crippen LogP contribution in [0.1, 0.15) is 30.5 Å². The lowest BCUT2D eigenvalue weighted by Gasteiger charge is -2.40. The van der Waals surface area contributed by atoms with Gasteiger partial charge >= 0.3 is 0 Å². The minimum atomic E-state index is 0.479. The van der Waals surface area contributed by atoms with Gasteiger partial charge in [-0.3, -0.25) is 0 Å². The molecule has 1 aromatic rings. The standard InChI is InChI=1S/C13H19N3S/c1-16-9-11(6-12(16)7-14)8-15-10-13(17-2)4-3-5-13/h6,9,15H,3-5,8,10H2,1-2H3. The maximum absolute atomic E-state index is 8.88. The summed E-state index contributed by atoms with van der Waals surface area (Å²) in [7, 11) is 1.91. The Bertz CT molecular complexity index is 421. The summed E-state index contributed by atoms with van der Waals surface area (Å²) in [5, 5.41) is 12.4. The Kier molecular flexibility index (Phi) is 3.80. The van der Waals surface area contributed by atoms with E-state index in [4.69, 9.17) is 5.26 Å². The maximum atomic E-state index is 8.88. The second-order valence-electron chi connectivity index (χ2n) is 4.80. The average Bonchev–Trinajstić information content (AvgIpc) is 2.63. The summed E-state index contributed by atoms with van der Waals surface area (Å²) in [6.07, 6.45) is 8.26. The smallest absolute Gasteiger partial charge is 0.120 e. The molecule has 1 N–H and O–H groups in total. The van der Waals surface area contributed by atoms with Gasteiger partial charge in [-0.15, -0.1) is 0 Å². The van der Waals surface area contributed by atoms with E-state index in [1.165, 1.54) is 24.8 Å². The molecule has 1 aliphatic rings. The second-order valence-corrected chi connectivity index (χ2v) is 6.07. The number of hydrogen-bond donors (Lipinski definition) is 1. The highest BCUT2D eigenvalue weighted by Gasteiger charge is 2.35. The molecule has 0 aromatic carbocycles. The molecular formula is C13H19N3S. The van der Waals surface area contributed by atoms with Crippen molar-refractivity contribution in [1.29, 1.82) is 5.26 Å². The normalized spacial score (nSPS) is 17.5. The van der Waals surface area contributed by atoms with E-state index in [0.29, 0.717) is 4.75 Å². The van der Waals surface area contributed by atoms with Gasteiger partial charge in [-0.2, -0.15) is 17.0 Å². The zero-order chi connectivity index (χ0) is 12.3. The second kappa shape index (κ2) is 5.16. The van der Waals surface area contributed by atoms with Gasteiger partial charge in [-0.25, -0.2) is 0 Å². The van der Waals surface area contributed by atoms with Crippen molar-refractivity contribution >= 4 is 11.8 Å². The summed E-state index contributed by atoms with van der Waals surface area (Å²) >= 11 is 1.99. The molecule has 0 atom stereocenters. The highest BCUT2D eigenvalue weighted by Crippen LogP contribution is 2.42. The molecule has 1 fully saturated rings. The zero-order valence-corrected chi connectivity index (χ0v) is 11.3. The Balaban J connectivity index is 1.84. The number of aryl methyl sites for hydroxylation is 1. The van der Waals surface area contributed by atoms with Crippen LogP contribution >= 0.6 is 11.8 Å². The van der Waals surface area contributed by atoms with Crippen LogP contribution in [0.25, 0.3) is 0 Å². The van der Waals surface area contributed by atoms with Gasteiger partial charge < -0.3 is 9.88 Å². The van der Waals surface area contributed by atoms with Crippen molar-refractivity contribution in [3.63, 3.8) is 0 Å². The van der Waals surface area contributed by atoms with Gasteiger partial charge in [0.1, 0.15) is 11.8 Å². The highest BCUT2D eigenvalue weighted by molar-refractivity contribution is 8.00. The Hall–Kier alpha value is -0.920. The number of nitriles is 1. The van der Waals surface area contributed by atoms with Crippen molar-refractivity contribution in [2.24, 2.45) is 7.05 Å². The summed E-state index contributed by atoms with van der Waals surface area (Å²) in [5.74, 6) is 0. The summed E-state index contributed by atoms with van der Waals surface area (Å²) < 4.78 is 2.36. The first-order valence-electron chi connectivity index (χ1n) is 6.00. The fraction of sp³-hybridized carbons (Fsp3) is 0.615. The Morgan fingerprint density at radius 2 is 2.35 bits per heavy atom. The van der Waals surface area contributed by atoms with E-state index < -0.39 is 0 Å². The fourth-order valence-electron chi connectivity index (χ4n) is 2.30. The summed E-state index contributed by atoms with van der Waals surface area (Å²) in [4.78, 5) is 0. The minimum Gasteiger partial charge on any atom is -0.342 e. The lowest BCUT2D eigenvalue weighted by Crippen LogP contribution is -2.43. The van der Waals surface area contributed by atoms with Crippen LogP contribution in [0.4, 0.5) is 0 Å². The van der Waals surface area contributed by atoms with Crippen LogP contribution in [0.15, 0.2) is 12.3 Å².